The van der Waals surface area contributed by atoms with Crippen molar-refractivity contribution in [1.29, 1.82) is 0 Å². The molecule has 0 spiro atoms. The maximum absolute atomic E-state index is 12.4. The largest absolute Gasteiger partial charge is 0.492 e. The molecule has 1 atom stereocenters. The molecule has 1 heterocycles. The summed E-state index contributed by atoms with van der Waals surface area (Å²) in [5, 5.41) is 2.83. The van der Waals surface area contributed by atoms with Crippen LogP contribution in [0.3, 0.4) is 0 Å². The second-order valence-corrected chi connectivity index (χ2v) is 4.99. The lowest BCUT2D eigenvalue weighted by Gasteiger charge is -2.12. The predicted molar refractivity (Wildman–Crippen MR) is 79.8 cm³/mol. The van der Waals surface area contributed by atoms with Crippen molar-refractivity contribution in [3.63, 3.8) is 0 Å². The molecule has 2 aromatic rings. The van der Waals surface area contributed by atoms with Gasteiger partial charge < -0.3 is 10.1 Å². The number of hydrogen-bond donors (Lipinski definition) is 1. The number of amides is 1. The third kappa shape index (κ3) is 2.52. The van der Waals surface area contributed by atoms with Crippen LogP contribution in [-0.4, -0.2) is 18.3 Å². The number of nitrogens with one attached hydrogen (secondary N) is 1. The number of anilines is 1. The molecular formula is C17H15NO3. The van der Waals surface area contributed by atoms with Gasteiger partial charge in [0.15, 0.2) is 5.78 Å². The molecule has 1 unspecified atom stereocenters. The van der Waals surface area contributed by atoms with Gasteiger partial charge in [0.05, 0.1) is 5.69 Å². The quantitative estimate of drug-likeness (QED) is 0.880. The van der Waals surface area contributed by atoms with E-state index >= 15 is 0 Å². The van der Waals surface area contributed by atoms with Gasteiger partial charge in [-0.15, -0.1) is 0 Å². The van der Waals surface area contributed by atoms with Gasteiger partial charge in [0.2, 0.25) is 5.91 Å². The molecule has 4 nitrogen and oxygen atoms in total. The van der Waals surface area contributed by atoms with Gasteiger partial charge in [-0.05, 0) is 25.1 Å². The zero-order chi connectivity index (χ0) is 14.8. The standard InChI is InChI=1S/C17H15NO3/c1-11(19)12-6-2-4-8-15(12)18-17(20)14-10-21-16-9-5-3-7-13(14)16/h2-9,14H,10H2,1H3,(H,18,20). The number of para-hydroxylation sites is 2. The molecule has 0 radical (unpaired) electrons. The molecule has 1 amide bonds. The van der Waals surface area contributed by atoms with E-state index in [0.717, 1.165) is 11.3 Å². The molecule has 0 saturated heterocycles. The average Bonchev–Trinajstić information content (AvgIpc) is 2.91. The van der Waals surface area contributed by atoms with Gasteiger partial charge in [-0.25, -0.2) is 0 Å². The van der Waals surface area contributed by atoms with E-state index in [1.54, 1.807) is 24.3 Å². The monoisotopic (exact) mass is 281 g/mol. The Balaban J connectivity index is 1.84. The lowest BCUT2D eigenvalue weighted by molar-refractivity contribution is -0.117. The van der Waals surface area contributed by atoms with E-state index in [-0.39, 0.29) is 17.6 Å². The zero-order valence-corrected chi connectivity index (χ0v) is 11.6. The molecular weight excluding hydrogens is 266 g/mol. The summed E-state index contributed by atoms with van der Waals surface area (Å²) in [6.45, 7) is 1.81. The Morgan fingerprint density at radius 1 is 1.10 bits per heavy atom. The first-order chi connectivity index (χ1) is 10.2. The van der Waals surface area contributed by atoms with Crippen molar-refractivity contribution in [1.82, 2.24) is 0 Å². The van der Waals surface area contributed by atoms with Crippen LogP contribution >= 0.6 is 0 Å². The van der Waals surface area contributed by atoms with Crippen LogP contribution in [0.5, 0.6) is 5.75 Å². The summed E-state index contributed by atoms with van der Waals surface area (Å²) < 4.78 is 5.52. The van der Waals surface area contributed by atoms with Crippen LogP contribution < -0.4 is 10.1 Å². The molecule has 21 heavy (non-hydrogen) atoms. The minimum atomic E-state index is -0.346. The van der Waals surface area contributed by atoms with Crippen molar-refractivity contribution in [2.45, 2.75) is 12.8 Å². The Bertz CT molecular complexity index is 709. The van der Waals surface area contributed by atoms with E-state index in [4.69, 9.17) is 4.74 Å². The molecule has 3 rings (SSSR count). The molecule has 1 aliphatic heterocycles. The number of ketones is 1. The number of carbonyl (C=O) groups is 2. The molecule has 0 bridgehead atoms. The van der Waals surface area contributed by atoms with E-state index < -0.39 is 0 Å². The van der Waals surface area contributed by atoms with Crippen molar-refractivity contribution in [3.05, 3.63) is 59.7 Å². The number of carbonyl (C=O) groups excluding carboxylic acids is 2. The lowest BCUT2D eigenvalue weighted by Crippen LogP contribution is -2.23. The van der Waals surface area contributed by atoms with Crippen LogP contribution in [0.15, 0.2) is 48.5 Å². The Labute approximate surface area is 122 Å². The van der Waals surface area contributed by atoms with E-state index in [9.17, 15) is 9.59 Å². The predicted octanol–water partition coefficient (Wildman–Crippen LogP) is 3.00. The topological polar surface area (TPSA) is 55.4 Å². The summed E-state index contributed by atoms with van der Waals surface area (Å²) in [6, 6.07) is 14.5. The average molecular weight is 281 g/mol. The molecule has 4 heteroatoms. The maximum atomic E-state index is 12.4. The number of fused-ring (bicyclic) bond motifs is 1. The molecule has 2 aromatic carbocycles. The summed E-state index contributed by atoms with van der Waals surface area (Å²) in [7, 11) is 0. The van der Waals surface area contributed by atoms with Crippen LogP contribution in [0.1, 0.15) is 28.8 Å². The van der Waals surface area contributed by atoms with Gasteiger partial charge in [0.25, 0.3) is 0 Å². The first-order valence-corrected chi connectivity index (χ1v) is 6.79. The van der Waals surface area contributed by atoms with Crippen LogP contribution in [0.25, 0.3) is 0 Å². The smallest absolute Gasteiger partial charge is 0.235 e. The van der Waals surface area contributed by atoms with Crippen molar-refractivity contribution in [2.75, 3.05) is 11.9 Å². The van der Waals surface area contributed by atoms with Gasteiger partial charge in [-0.3, -0.25) is 9.59 Å². The number of rotatable bonds is 3. The number of Topliss-reactive ketones (excluding diaryl/α,β-unsaturated/α-hetero) is 1. The van der Waals surface area contributed by atoms with E-state index in [2.05, 4.69) is 5.32 Å². The zero-order valence-electron chi connectivity index (χ0n) is 11.6. The van der Waals surface area contributed by atoms with Crippen molar-refractivity contribution < 1.29 is 14.3 Å². The first-order valence-electron chi connectivity index (χ1n) is 6.79. The normalized spacial score (nSPS) is 16.0. The maximum Gasteiger partial charge on any atom is 0.235 e. The highest BCUT2D eigenvalue weighted by molar-refractivity contribution is 6.05. The van der Waals surface area contributed by atoms with Gasteiger partial charge in [0, 0.05) is 11.1 Å². The summed E-state index contributed by atoms with van der Waals surface area (Å²) in [5.74, 6) is 0.168. The van der Waals surface area contributed by atoms with Gasteiger partial charge in [-0.1, -0.05) is 30.3 Å². The third-order valence-corrected chi connectivity index (χ3v) is 3.58. The highest BCUT2D eigenvalue weighted by atomic mass is 16.5. The van der Waals surface area contributed by atoms with Crippen LogP contribution in [0.2, 0.25) is 0 Å². The highest BCUT2D eigenvalue weighted by Gasteiger charge is 2.30. The summed E-state index contributed by atoms with van der Waals surface area (Å²) in [6.07, 6.45) is 0. The van der Waals surface area contributed by atoms with Crippen molar-refractivity contribution >= 4 is 17.4 Å². The first kappa shape index (κ1) is 13.4. The minimum absolute atomic E-state index is 0.0750. The Kier molecular flexibility index (Phi) is 3.44. The fourth-order valence-corrected chi connectivity index (χ4v) is 2.50. The highest BCUT2D eigenvalue weighted by Crippen LogP contribution is 2.34. The Hall–Kier alpha value is -2.62. The Morgan fingerprint density at radius 3 is 2.62 bits per heavy atom. The van der Waals surface area contributed by atoms with E-state index in [0.29, 0.717) is 17.9 Å². The lowest BCUT2D eigenvalue weighted by atomic mass is 10.00. The molecule has 1 N–H and O–H groups in total. The molecule has 0 aromatic heterocycles. The fraction of sp³-hybridized carbons (Fsp3) is 0.176. The van der Waals surface area contributed by atoms with Crippen LogP contribution in [-0.2, 0) is 4.79 Å². The van der Waals surface area contributed by atoms with E-state index in [1.807, 2.05) is 24.3 Å². The molecule has 0 fully saturated rings. The Morgan fingerprint density at radius 2 is 1.81 bits per heavy atom. The molecule has 0 saturated carbocycles. The number of benzene rings is 2. The van der Waals surface area contributed by atoms with Crippen LogP contribution in [0.4, 0.5) is 5.69 Å². The SMILES string of the molecule is CC(=O)c1ccccc1NC(=O)C1COc2ccccc21. The van der Waals surface area contributed by atoms with Gasteiger partial charge in [0.1, 0.15) is 18.3 Å². The molecule has 1 aliphatic rings. The fourth-order valence-electron chi connectivity index (χ4n) is 2.50. The van der Waals surface area contributed by atoms with Gasteiger partial charge in [-0.2, -0.15) is 0 Å². The molecule has 106 valence electrons. The summed E-state index contributed by atoms with van der Waals surface area (Å²) >= 11 is 0. The summed E-state index contributed by atoms with van der Waals surface area (Å²) in [4.78, 5) is 24.0. The summed E-state index contributed by atoms with van der Waals surface area (Å²) in [5.41, 5.74) is 1.94. The van der Waals surface area contributed by atoms with Crippen LogP contribution in [0, 0.1) is 0 Å². The molecule has 0 aliphatic carbocycles. The van der Waals surface area contributed by atoms with Gasteiger partial charge >= 0.3 is 0 Å². The van der Waals surface area contributed by atoms with E-state index in [1.165, 1.54) is 6.92 Å². The second-order valence-electron chi connectivity index (χ2n) is 4.99. The number of ether oxygens (including phenoxy) is 1. The number of hydrogen-bond acceptors (Lipinski definition) is 3. The van der Waals surface area contributed by atoms with Crippen molar-refractivity contribution in [3.8, 4) is 5.75 Å². The second kappa shape index (κ2) is 5.40. The third-order valence-electron chi connectivity index (χ3n) is 3.58. The van der Waals surface area contributed by atoms with Crippen molar-refractivity contribution in [2.24, 2.45) is 0 Å². The minimum Gasteiger partial charge on any atom is -0.492 e.